The average molecular weight is 376 g/mol. The van der Waals surface area contributed by atoms with E-state index in [-0.39, 0.29) is 10.8 Å². The zero-order valence-electron chi connectivity index (χ0n) is 16.6. The van der Waals surface area contributed by atoms with Crippen molar-refractivity contribution in [3.63, 3.8) is 0 Å². The molecule has 0 radical (unpaired) electrons. The number of phenolic OH excluding ortho intramolecular Hbond substituents is 1. The van der Waals surface area contributed by atoms with Gasteiger partial charge in [0.25, 0.3) is 0 Å². The first kappa shape index (κ1) is 20.2. The predicted molar refractivity (Wildman–Crippen MR) is 109 cm³/mol. The van der Waals surface area contributed by atoms with Crippen molar-refractivity contribution >= 4 is 23.2 Å². The number of allylic oxidation sites excluding steroid dienone is 1. The molecule has 1 aliphatic rings. The average Bonchev–Trinajstić information content (AvgIpc) is 2.43. The van der Waals surface area contributed by atoms with E-state index in [0.29, 0.717) is 22.1 Å². The summed E-state index contributed by atoms with van der Waals surface area (Å²) in [6.45, 7) is 14.1. The fourth-order valence-electron chi connectivity index (χ4n) is 3.24. The molecule has 0 saturated heterocycles. The number of carbonyl (C=O) groups excluding carboxylic acids is 1. The monoisotopic (exact) mass is 375 g/mol. The van der Waals surface area contributed by atoms with Crippen LogP contribution >= 0.6 is 12.2 Å². The number of primary amides is 1. The van der Waals surface area contributed by atoms with Gasteiger partial charge in [0, 0.05) is 5.70 Å². The Morgan fingerprint density at radius 3 is 1.96 bits per heavy atom. The molecular weight excluding hydrogens is 346 g/mol. The zero-order chi connectivity index (χ0) is 20.0. The lowest BCUT2D eigenvalue weighted by Gasteiger charge is -2.33. The Morgan fingerprint density at radius 2 is 1.58 bits per heavy atom. The second-order valence-electron chi connectivity index (χ2n) is 8.90. The number of benzene rings is 1. The van der Waals surface area contributed by atoms with Gasteiger partial charge in [-0.25, -0.2) is 0 Å². The summed E-state index contributed by atoms with van der Waals surface area (Å²) in [5.41, 5.74) is 8.71. The molecule has 2 rings (SSSR count). The maximum absolute atomic E-state index is 12.1. The number of rotatable bonds is 2. The number of thiocarbonyl (C=S) groups is 1. The SMILES string of the molecule is CC1=C(C(N)=O)[C@H](c2cc(C(C)(C)C)c(O)c(C(C)(C)C)c2)NC(=S)N1. The van der Waals surface area contributed by atoms with Crippen molar-refractivity contribution < 1.29 is 9.90 Å². The topological polar surface area (TPSA) is 87.4 Å². The first-order chi connectivity index (χ1) is 11.7. The van der Waals surface area contributed by atoms with Crippen molar-refractivity contribution in [3.8, 4) is 5.75 Å². The van der Waals surface area contributed by atoms with E-state index >= 15 is 0 Å². The van der Waals surface area contributed by atoms with Crippen LogP contribution in [-0.2, 0) is 15.6 Å². The standard InChI is InChI=1S/C20H29N3O2S/c1-10-14(17(21)25)15(23-18(26)22-10)11-8-12(19(2,3)4)16(24)13(9-11)20(5,6)7/h8-9,15,24H,1-7H3,(H2,21,25)(H2,22,23,26)/t15-/m0/s1. The summed E-state index contributed by atoms with van der Waals surface area (Å²) in [4.78, 5) is 12.1. The Bertz CT molecular complexity index is 763. The molecule has 0 saturated carbocycles. The van der Waals surface area contributed by atoms with Gasteiger partial charge in [-0.2, -0.15) is 0 Å². The molecule has 1 heterocycles. The number of amides is 1. The summed E-state index contributed by atoms with van der Waals surface area (Å²) in [6, 6.07) is 3.42. The molecule has 0 unspecified atom stereocenters. The van der Waals surface area contributed by atoms with Crippen LogP contribution in [0.5, 0.6) is 5.75 Å². The molecule has 1 amide bonds. The molecule has 5 nitrogen and oxygen atoms in total. The van der Waals surface area contributed by atoms with E-state index in [2.05, 4.69) is 52.2 Å². The van der Waals surface area contributed by atoms with E-state index in [1.807, 2.05) is 12.1 Å². The molecule has 0 aromatic heterocycles. The molecule has 1 aliphatic heterocycles. The second-order valence-corrected chi connectivity index (χ2v) is 9.31. The summed E-state index contributed by atoms with van der Waals surface area (Å²) >= 11 is 5.28. The Labute approximate surface area is 161 Å². The Morgan fingerprint density at radius 1 is 1.12 bits per heavy atom. The predicted octanol–water partition coefficient (Wildman–Crippen LogP) is 3.27. The first-order valence-electron chi connectivity index (χ1n) is 8.69. The van der Waals surface area contributed by atoms with Crippen molar-refractivity contribution in [2.75, 3.05) is 0 Å². The minimum absolute atomic E-state index is 0.265. The highest BCUT2D eigenvalue weighted by Crippen LogP contribution is 2.42. The van der Waals surface area contributed by atoms with Crippen molar-refractivity contribution in [1.82, 2.24) is 10.6 Å². The molecule has 26 heavy (non-hydrogen) atoms. The van der Waals surface area contributed by atoms with Gasteiger partial charge in [-0.1, -0.05) is 41.5 Å². The first-order valence-corrected chi connectivity index (χ1v) is 9.10. The van der Waals surface area contributed by atoms with Gasteiger partial charge in [-0.05, 0) is 58.8 Å². The molecule has 0 bridgehead atoms. The van der Waals surface area contributed by atoms with Crippen molar-refractivity contribution in [3.05, 3.63) is 40.1 Å². The Kier molecular flexibility index (Phi) is 5.12. The quantitative estimate of drug-likeness (QED) is 0.596. The van der Waals surface area contributed by atoms with Crippen LogP contribution in [0.1, 0.15) is 71.2 Å². The summed E-state index contributed by atoms with van der Waals surface area (Å²) in [7, 11) is 0. The van der Waals surface area contributed by atoms with Crippen LogP contribution in [-0.4, -0.2) is 16.1 Å². The number of carbonyl (C=O) groups is 1. The van der Waals surface area contributed by atoms with Crippen LogP contribution in [0.4, 0.5) is 0 Å². The summed E-state index contributed by atoms with van der Waals surface area (Å²) in [5, 5.41) is 17.5. The number of nitrogens with one attached hydrogen (secondary N) is 2. The maximum Gasteiger partial charge on any atom is 0.248 e. The van der Waals surface area contributed by atoms with E-state index in [1.165, 1.54) is 0 Å². The van der Waals surface area contributed by atoms with Crippen LogP contribution < -0.4 is 16.4 Å². The third kappa shape index (κ3) is 3.85. The van der Waals surface area contributed by atoms with E-state index in [4.69, 9.17) is 18.0 Å². The lowest BCUT2D eigenvalue weighted by molar-refractivity contribution is -0.115. The van der Waals surface area contributed by atoms with Gasteiger partial charge in [0.05, 0.1) is 11.6 Å². The molecule has 1 atom stereocenters. The molecule has 142 valence electrons. The van der Waals surface area contributed by atoms with Gasteiger partial charge in [0.2, 0.25) is 5.91 Å². The lowest BCUT2D eigenvalue weighted by Crippen LogP contribution is -2.46. The molecule has 0 spiro atoms. The molecular formula is C20H29N3O2S. The summed E-state index contributed by atoms with van der Waals surface area (Å²) in [5.74, 6) is -0.204. The molecule has 6 heteroatoms. The number of hydrogen-bond acceptors (Lipinski definition) is 3. The largest absolute Gasteiger partial charge is 0.507 e. The summed E-state index contributed by atoms with van der Waals surface area (Å²) < 4.78 is 0. The number of aromatic hydroxyl groups is 1. The fraction of sp³-hybridized carbons (Fsp3) is 0.500. The van der Waals surface area contributed by atoms with Crippen LogP contribution in [0.25, 0.3) is 0 Å². The normalized spacial score (nSPS) is 18.4. The maximum atomic E-state index is 12.1. The molecule has 0 aliphatic carbocycles. The van der Waals surface area contributed by atoms with Gasteiger partial charge >= 0.3 is 0 Å². The van der Waals surface area contributed by atoms with Crippen LogP contribution in [0.3, 0.4) is 0 Å². The van der Waals surface area contributed by atoms with Crippen molar-refractivity contribution in [2.45, 2.75) is 65.3 Å². The Hall–Kier alpha value is -2.08. The third-order valence-electron chi connectivity index (χ3n) is 4.62. The molecule has 1 aromatic carbocycles. The Balaban J connectivity index is 2.78. The smallest absolute Gasteiger partial charge is 0.248 e. The van der Waals surface area contributed by atoms with E-state index in [9.17, 15) is 9.90 Å². The van der Waals surface area contributed by atoms with E-state index in [0.717, 1.165) is 16.7 Å². The fourth-order valence-corrected chi connectivity index (χ4v) is 3.51. The highest BCUT2D eigenvalue weighted by Gasteiger charge is 2.32. The highest BCUT2D eigenvalue weighted by atomic mass is 32.1. The molecule has 1 aromatic rings. The van der Waals surface area contributed by atoms with Crippen molar-refractivity contribution in [1.29, 1.82) is 0 Å². The van der Waals surface area contributed by atoms with Gasteiger partial charge < -0.3 is 21.5 Å². The van der Waals surface area contributed by atoms with Crippen LogP contribution in [0.15, 0.2) is 23.4 Å². The van der Waals surface area contributed by atoms with E-state index in [1.54, 1.807) is 6.92 Å². The number of phenols is 1. The summed E-state index contributed by atoms with van der Waals surface area (Å²) in [6.07, 6.45) is 0. The second kappa shape index (κ2) is 6.58. The number of hydrogen-bond donors (Lipinski definition) is 4. The third-order valence-corrected chi connectivity index (χ3v) is 4.84. The molecule has 0 fully saturated rings. The van der Waals surface area contributed by atoms with Gasteiger partial charge in [0.15, 0.2) is 5.11 Å². The highest BCUT2D eigenvalue weighted by molar-refractivity contribution is 7.80. The van der Waals surface area contributed by atoms with Gasteiger partial charge in [-0.15, -0.1) is 0 Å². The van der Waals surface area contributed by atoms with E-state index < -0.39 is 11.9 Å². The van der Waals surface area contributed by atoms with Gasteiger partial charge in [-0.3, -0.25) is 4.79 Å². The minimum Gasteiger partial charge on any atom is -0.507 e. The van der Waals surface area contributed by atoms with Gasteiger partial charge in [0.1, 0.15) is 5.75 Å². The van der Waals surface area contributed by atoms with Crippen LogP contribution in [0.2, 0.25) is 0 Å². The zero-order valence-corrected chi connectivity index (χ0v) is 17.4. The van der Waals surface area contributed by atoms with Crippen molar-refractivity contribution in [2.24, 2.45) is 5.73 Å². The minimum atomic E-state index is -0.502. The lowest BCUT2D eigenvalue weighted by atomic mass is 9.77. The molecule has 5 N–H and O–H groups in total. The number of nitrogens with two attached hydrogens (primary N) is 1. The van der Waals surface area contributed by atoms with Crippen LogP contribution in [0, 0.1) is 0 Å².